The molecule has 3 aliphatic rings. The van der Waals surface area contributed by atoms with Crippen LogP contribution in [0.2, 0.25) is 0 Å². The molecule has 0 amide bonds. The Hall–Kier alpha value is -0.970. The third-order valence-electron chi connectivity index (χ3n) is 5.36. The second-order valence-electron chi connectivity index (χ2n) is 7.27. The smallest absolute Gasteiger partial charge is 0.161 e. The Labute approximate surface area is 144 Å². The first-order valence-electron chi connectivity index (χ1n) is 8.58. The number of halogens is 1. The molecule has 0 aromatic heterocycles. The fourth-order valence-electron chi connectivity index (χ4n) is 4.15. The van der Waals surface area contributed by atoms with Crippen LogP contribution in [0.5, 0.6) is 11.5 Å². The predicted molar refractivity (Wildman–Crippen MR) is 93.8 cm³/mol. The van der Waals surface area contributed by atoms with Gasteiger partial charge in [-0.05, 0) is 55.5 Å². The highest BCUT2D eigenvalue weighted by atomic mass is 35.5. The molecule has 1 aromatic carbocycles. The zero-order valence-electron chi connectivity index (χ0n) is 13.8. The van der Waals surface area contributed by atoms with Crippen molar-refractivity contribution in [1.29, 1.82) is 0 Å². The fraction of sp³-hybridized carbons (Fsp3) is 0.667. The number of fused-ring (bicyclic) bond motifs is 1. The van der Waals surface area contributed by atoms with Crippen molar-refractivity contribution in [2.24, 2.45) is 5.41 Å². The molecule has 3 heterocycles. The number of benzene rings is 1. The number of nitrogens with one attached hydrogen (secondary N) is 1. The van der Waals surface area contributed by atoms with E-state index in [1.165, 1.54) is 44.5 Å². The molecule has 1 aromatic rings. The second kappa shape index (κ2) is 6.88. The lowest BCUT2D eigenvalue weighted by Gasteiger charge is -2.33. The molecule has 4 rings (SSSR count). The van der Waals surface area contributed by atoms with Gasteiger partial charge >= 0.3 is 0 Å². The van der Waals surface area contributed by atoms with Crippen LogP contribution in [-0.2, 0) is 0 Å². The van der Waals surface area contributed by atoms with Gasteiger partial charge in [0.05, 0.1) is 0 Å². The minimum Gasteiger partial charge on any atom is -0.486 e. The molecule has 2 fully saturated rings. The summed E-state index contributed by atoms with van der Waals surface area (Å²) in [5.41, 5.74) is 1.81. The summed E-state index contributed by atoms with van der Waals surface area (Å²) in [6, 6.07) is 7.05. The number of likely N-dealkylation sites (tertiary alicyclic amines) is 1. The summed E-state index contributed by atoms with van der Waals surface area (Å²) in [5, 5.41) is 3.52. The van der Waals surface area contributed by atoms with Crippen LogP contribution in [-0.4, -0.2) is 44.3 Å². The van der Waals surface area contributed by atoms with Gasteiger partial charge in [0.25, 0.3) is 0 Å². The van der Waals surface area contributed by atoms with Crippen LogP contribution in [0.1, 0.15) is 37.8 Å². The molecule has 1 N–H and O–H groups in total. The number of hydrogen-bond acceptors (Lipinski definition) is 4. The molecule has 23 heavy (non-hydrogen) atoms. The topological polar surface area (TPSA) is 33.7 Å². The maximum absolute atomic E-state index is 5.76. The summed E-state index contributed by atoms with van der Waals surface area (Å²) in [4.78, 5) is 2.68. The van der Waals surface area contributed by atoms with Crippen LogP contribution in [0.3, 0.4) is 0 Å². The summed E-state index contributed by atoms with van der Waals surface area (Å²) < 4.78 is 11.4. The van der Waals surface area contributed by atoms with Gasteiger partial charge in [0.1, 0.15) is 13.2 Å². The Morgan fingerprint density at radius 3 is 2.87 bits per heavy atom. The number of ether oxygens (including phenoxy) is 2. The average molecular weight is 339 g/mol. The monoisotopic (exact) mass is 338 g/mol. The van der Waals surface area contributed by atoms with Crippen LogP contribution in [0.4, 0.5) is 0 Å². The lowest BCUT2D eigenvalue weighted by molar-refractivity contribution is 0.161. The quantitative estimate of drug-likeness (QED) is 0.918. The Bertz CT molecular complexity index is 546. The van der Waals surface area contributed by atoms with E-state index < -0.39 is 0 Å². The van der Waals surface area contributed by atoms with Gasteiger partial charge in [0, 0.05) is 19.1 Å². The number of hydrogen-bond donors (Lipinski definition) is 1. The van der Waals surface area contributed by atoms with E-state index in [9.17, 15) is 0 Å². The van der Waals surface area contributed by atoms with Gasteiger partial charge in [0.15, 0.2) is 11.5 Å². The van der Waals surface area contributed by atoms with Crippen LogP contribution in [0.15, 0.2) is 18.2 Å². The third kappa shape index (κ3) is 3.44. The molecule has 5 heteroatoms. The zero-order valence-corrected chi connectivity index (χ0v) is 14.7. The Morgan fingerprint density at radius 1 is 1.26 bits per heavy atom. The first-order valence-corrected chi connectivity index (χ1v) is 8.58. The molecule has 0 radical (unpaired) electrons. The molecule has 128 valence electrons. The van der Waals surface area contributed by atoms with E-state index in [2.05, 4.69) is 35.3 Å². The van der Waals surface area contributed by atoms with Crippen LogP contribution in [0, 0.1) is 5.41 Å². The van der Waals surface area contributed by atoms with E-state index >= 15 is 0 Å². The summed E-state index contributed by atoms with van der Waals surface area (Å²) in [6.07, 6.45) is 3.84. The van der Waals surface area contributed by atoms with E-state index in [1.54, 1.807) is 0 Å². The largest absolute Gasteiger partial charge is 0.486 e. The average Bonchev–Trinajstić information content (AvgIpc) is 3.16. The van der Waals surface area contributed by atoms with E-state index in [0.717, 1.165) is 18.0 Å². The van der Waals surface area contributed by atoms with Gasteiger partial charge in [-0.3, -0.25) is 4.90 Å². The normalized spacial score (nSPS) is 30.2. The summed E-state index contributed by atoms with van der Waals surface area (Å²) in [6.45, 7) is 8.47. The molecule has 2 atom stereocenters. The molecule has 2 unspecified atom stereocenters. The van der Waals surface area contributed by atoms with Crippen molar-refractivity contribution >= 4 is 12.4 Å². The zero-order chi connectivity index (χ0) is 15.0. The van der Waals surface area contributed by atoms with Crippen molar-refractivity contribution in [3.8, 4) is 11.5 Å². The Balaban J connectivity index is 0.00000156. The first kappa shape index (κ1) is 16.9. The van der Waals surface area contributed by atoms with Crippen molar-refractivity contribution in [3.05, 3.63) is 23.8 Å². The lowest BCUT2D eigenvalue weighted by atomic mass is 9.88. The Morgan fingerprint density at radius 2 is 2.09 bits per heavy atom. The maximum Gasteiger partial charge on any atom is 0.161 e. The highest BCUT2D eigenvalue weighted by Gasteiger charge is 2.35. The summed E-state index contributed by atoms with van der Waals surface area (Å²) in [5.74, 6) is 1.82. The van der Waals surface area contributed by atoms with Crippen LogP contribution < -0.4 is 14.8 Å². The molecular formula is C18H27ClN2O2. The number of rotatable bonds is 3. The fourth-order valence-corrected chi connectivity index (χ4v) is 4.15. The standard InChI is InChI=1S/C18H26N2O2.ClH/c1-18(6-7-19-12-18)13-20-8-2-3-15(20)14-4-5-16-17(11-14)22-10-9-21-16;/h4-5,11,15,19H,2-3,6-10,12-13H2,1H3;1H. The summed E-state index contributed by atoms with van der Waals surface area (Å²) in [7, 11) is 0. The van der Waals surface area contributed by atoms with Gasteiger partial charge in [-0.2, -0.15) is 0 Å². The molecule has 2 saturated heterocycles. The van der Waals surface area contributed by atoms with Crippen LogP contribution in [0.25, 0.3) is 0 Å². The second-order valence-corrected chi connectivity index (χ2v) is 7.27. The molecule has 3 aliphatic heterocycles. The molecule has 0 saturated carbocycles. The van der Waals surface area contributed by atoms with E-state index in [1.807, 2.05) is 0 Å². The van der Waals surface area contributed by atoms with E-state index in [0.29, 0.717) is 24.7 Å². The van der Waals surface area contributed by atoms with Gasteiger partial charge in [-0.25, -0.2) is 0 Å². The Kier molecular flexibility index (Phi) is 5.04. The summed E-state index contributed by atoms with van der Waals surface area (Å²) >= 11 is 0. The highest BCUT2D eigenvalue weighted by Crippen LogP contribution is 2.40. The lowest BCUT2D eigenvalue weighted by Crippen LogP contribution is -2.37. The van der Waals surface area contributed by atoms with Crippen molar-refractivity contribution in [2.75, 3.05) is 39.4 Å². The molecule has 4 nitrogen and oxygen atoms in total. The minimum absolute atomic E-state index is 0. The molecule has 0 aliphatic carbocycles. The SMILES string of the molecule is CC1(CN2CCCC2c2ccc3c(c2)OCCO3)CCNC1.Cl. The van der Waals surface area contributed by atoms with Crippen molar-refractivity contribution in [1.82, 2.24) is 10.2 Å². The number of nitrogens with zero attached hydrogens (tertiary/aromatic N) is 1. The third-order valence-corrected chi connectivity index (χ3v) is 5.36. The molecule has 0 bridgehead atoms. The van der Waals surface area contributed by atoms with E-state index in [-0.39, 0.29) is 12.4 Å². The predicted octanol–water partition coefficient (Wildman–Crippen LogP) is 3.02. The van der Waals surface area contributed by atoms with Gasteiger partial charge in [-0.15, -0.1) is 12.4 Å². The van der Waals surface area contributed by atoms with Crippen molar-refractivity contribution in [2.45, 2.75) is 32.2 Å². The maximum atomic E-state index is 5.76. The van der Waals surface area contributed by atoms with Gasteiger partial charge in [0.2, 0.25) is 0 Å². The minimum atomic E-state index is 0. The first-order chi connectivity index (χ1) is 10.7. The van der Waals surface area contributed by atoms with Gasteiger partial charge < -0.3 is 14.8 Å². The van der Waals surface area contributed by atoms with Crippen LogP contribution >= 0.6 is 12.4 Å². The molecule has 0 spiro atoms. The highest BCUT2D eigenvalue weighted by molar-refractivity contribution is 5.85. The molecular weight excluding hydrogens is 312 g/mol. The van der Waals surface area contributed by atoms with Gasteiger partial charge in [-0.1, -0.05) is 13.0 Å². The van der Waals surface area contributed by atoms with Crippen molar-refractivity contribution < 1.29 is 9.47 Å². The van der Waals surface area contributed by atoms with Crippen molar-refractivity contribution in [3.63, 3.8) is 0 Å². The van der Waals surface area contributed by atoms with E-state index in [4.69, 9.17) is 9.47 Å².